The van der Waals surface area contributed by atoms with Crippen molar-refractivity contribution in [3.8, 4) is 11.5 Å². The Kier molecular flexibility index (Phi) is 4.32. The Balaban J connectivity index is 1.33. The number of benzene rings is 3. The molecule has 1 atom stereocenters. The number of nitrogens with zero attached hydrogens (tertiary/aromatic N) is 2. The first kappa shape index (κ1) is 18.7. The molecule has 8 heteroatoms. The van der Waals surface area contributed by atoms with Crippen molar-refractivity contribution in [3.05, 3.63) is 60.7 Å². The van der Waals surface area contributed by atoms with Gasteiger partial charge < -0.3 is 14.4 Å². The van der Waals surface area contributed by atoms with Crippen LogP contribution in [0.1, 0.15) is 0 Å². The SMILES string of the molecule is CN(CC1COc2ccccc2O1)C(=O)CN1c2cccc3cccc(c23)S1(=O)=O. The normalized spacial score (nSPS) is 18.4. The van der Waals surface area contributed by atoms with Gasteiger partial charge in [-0.2, -0.15) is 0 Å². The van der Waals surface area contributed by atoms with Gasteiger partial charge in [0.05, 0.1) is 17.1 Å². The van der Waals surface area contributed by atoms with Crippen LogP contribution in [0.15, 0.2) is 65.6 Å². The molecule has 0 N–H and O–H groups in total. The van der Waals surface area contributed by atoms with Crippen molar-refractivity contribution in [1.29, 1.82) is 0 Å². The van der Waals surface area contributed by atoms with Gasteiger partial charge in [0.15, 0.2) is 17.6 Å². The number of carbonyl (C=O) groups excluding carboxylic acids is 1. The number of para-hydroxylation sites is 2. The molecule has 5 rings (SSSR count). The molecule has 0 aliphatic carbocycles. The molecule has 7 nitrogen and oxygen atoms in total. The van der Waals surface area contributed by atoms with E-state index in [1.807, 2.05) is 36.4 Å². The van der Waals surface area contributed by atoms with Gasteiger partial charge in [-0.15, -0.1) is 0 Å². The number of likely N-dealkylation sites (N-methyl/N-ethyl adjacent to an activating group) is 1. The molecule has 2 aliphatic rings. The van der Waals surface area contributed by atoms with Crippen LogP contribution in [0.3, 0.4) is 0 Å². The monoisotopic (exact) mass is 424 g/mol. The Morgan fingerprint density at radius 3 is 2.60 bits per heavy atom. The third-order valence-corrected chi connectivity index (χ3v) is 7.23. The molecule has 0 saturated carbocycles. The highest BCUT2D eigenvalue weighted by atomic mass is 32.2. The molecule has 2 heterocycles. The predicted octanol–water partition coefficient (Wildman–Crippen LogP) is 2.65. The van der Waals surface area contributed by atoms with Gasteiger partial charge in [0.2, 0.25) is 5.91 Å². The fraction of sp³-hybridized carbons (Fsp3) is 0.227. The van der Waals surface area contributed by atoms with Crippen LogP contribution < -0.4 is 13.8 Å². The summed E-state index contributed by atoms with van der Waals surface area (Å²) in [6, 6.07) is 17.9. The first-order chi connectivity index (χ1) is 14.4. The highest BCUT2D eigenvalue weighted by Crippen LogP contribution is 2.41. The number of anilines is 1. The second kappa shape index (κ2) is 6.91. The molecule has 3 aromatic rings. The molecule has 0 fully saturated rings. The Labute approximate surface area is 174 Å². The summed E-state index contributed by atoms with van der Waals surface area (Å²) in [5, 5.41) is 1.50. The second-order valence-corrected chi connectivity index (χ2v) is 9.25. The average molecular weight is 424 g/mol. The molecule has 3 aromatic carbocycles. The van der Waals surface area contributed by atoms with Crippen molar-refractivity contribution in [2.75, 3.05) is 31.0 Å². The van der Waals surface area contributed by atoms with Crippen LogP contribution in [0.5, 0.6) is 11.5 Å². The Bertz CT molecular complexity index is 1250. The van der Waals surface area contributed by atoms with Crippen LogP contribution in [0.25, 0.3) is 10.8 Å². The topological polar surface area (TPSA) is 76.2 Å². The van der Waals surface area contributed by atoms with Crippen LogP contribution in [0, 0.1) is 0 Å². The largest absolute Gasteiger partial charge is 0.486 e. The van der Waals surface area contributed by atoms with Crippen LogP contribution in [0.4, 0.5) is 5.69 Å². The highest BCUT2D eigenvalue weighted by molar-refractivity contribution is 7.93. The zero-order chi connectivity index (χ0) is 20.9. The predicted molar refractivity (Wildman–Crippen MR) is 112 cm³/mol. The summed E-state index contributed by atoms with van der Waals surface area (Å²) in [5.41, 5.74) is 0.538. The second-order valence-electron chi connectivity index (χ2n) is 7.41. The number of fused-ring (bicyclic) bond motifs is 1. The van der Waals surface area contributed by atoms with Crippen LogP contribution in [0.2, 0.25) is 0 Å². The molecule has 0 saturated heterocycles. The molecule has 1 unspecified atom stereocenters. The quantitative estimate of drug-likeness (QED) is 0.644. The van der Waals surface area contributed by atoms with E-state index in [-0.39, 0.29) is 30.0 Å². The summed E-state index contributed by atoms with van der Waals surface area (Å²) >= 11 is 0. The molecule has 1 amide bonds. The lowest BCUT2D eigenvalue weighted by Crippen LogP contribution is -2.45. The standard InChI is InChI=1S/C22H20N2O5S/c1-23(12-16-14-28-18-9-2-3-10-19(18)29-16)21(25)13-24-17-8-4-6-15-7-5-11-20(22(15)17)30(24,26)27/h2-11,16H,12-14H2,1H3. The van der Waals surface area contributed by atoms with Gasteiger partial charge in [0.1, 0.15) is 13.2 Å². The van der Waals surface area contributed by atoms with E-state index in [2.05, 4.69) is 0 Å². The van der Waals surface area contributed by atoms with Gasteiger partial charge in [-0.1, -0.05) is 36.4 Å². The van der Waals surface area contributed by atoms with Crippen molar-refractivity contribution in [1.82, 2.24) is 4.90 Å². The van der Waals surface area contributed by atoms with Crippen molar-refractivity contribution in [2.45, 2.75) is 11.0 Å². The number of carbonyl (C=O) groups is 1. The van der Waals surface area contributed by atoms with Crippen LogP contribution in [-0.4, -0.2) is 52.1 Å². The maximum absolute atomic E-state index is 13.1. The third-order valence-electron chi connectivity index (χ3n) is 5.43. The average Bonchev–Trinajstić information content (AvgIpc) is 2.97. The van der Waals surface area contributed by atoms with Crippen molar-refractivity contribution in [2.24, 2.45) is 0 Å². The van der Waals surface area contributed by atoms with Gasteiger partial charge >= 0.3 is 0 Å². The van der Waals surface area contributed by atoms with E-state index in [0.29, 0.717) is 29.2 Å². The fourth-order valence-electron chi connectivity index (χ4n) is 3.93. The molecule has 2 aliphatic heterocycles. The van der Waals surface area contributed by atoms with E-state index in [9.17, 15) is 13.2 Å². The summed E-state index contributed by atoms with van der Waals surface area (Å²) in [6.45, 7) is 0.344. The van der Waals surface area contributed by atoms with E-state index in [1.54, 1.807) is 31.3 Å². The molecular formula is C22H20N2O5S. The number of hydrogen-bond acceptors (Lipinski definition) is 5. The molecule has 30 heavy (non-hydrogen) atoms. The molecule has 0 spiro atoms. The highest BCUT2D eigenvalue weighted by Gasteiger charge is 2.37. The van der Waals surface area contributed by atoms with Gasteiger partial charge in [-0.05, 0) is 29.7 Å². The number of ether oxygens (including phenoxy) is 2. The lowest BCUT2D eigenvalue weighted by molar-refractivity contribution is -0.129. The van der Waals surface area contributed by atoms with Crippen molar-refractivity contribution < 1.29 is 22.7 Å². The van der Waals surface area contributed by atoms with E-state index in [0.717, 1.165) is 5.39 Å². The first-order valence-corrected chi connectivity index (χ1v) is 11.1. The lowest BCUT2D eigenvalue weighted by Gasteiger charge is -2.30. The zero-order valence-electron chi connectivity index (χ0n) is 16.3. The minimum atomic E-state index is -3.77. The van der Waals surface area contributed by atoms with Crippen molar-refractivity contribution in [3.63, 3.8) is 0 Å². The van der Waals surface area contributed by atoms with Gasteiger partial charge in [0, 0.05) is 12.4 Å². The molecular weight excluding hydrogens is 404 g/mol. The zero-order valence-corrected chi connectivity index (χ0v) is 17.1. The first-order valence-electron chi connectivity index (χ1n) is 9.62. The van der Waals surface area contributed by atoms with Crippen LogP contribution in [-0.2, 0) is 14.8 Å². The summed E-state index contributed by atoms with van der Waals surface area (Å²) < 4.78 is 38.9. The van der Waals surface area contributed by atoms with Crippen molar-refractivity contribution >= 4 is 32.4 Å². The summed E-state index contributed by atoms with van der Waals surface area (Å²) in [6.07, 6.45) is -0.329. The molecule has 0 radical (unpaired) electrons. The Morgan fingerprint density at radius 2 is 1.80 bits per heavy atom. The van der Waals surface area contributed by atoms with Crippen LogP contribution >= 0.6 is 0 Å². The maximum Gasteiger partial charge on any atom is 0.265 e. The summed E-state index contributed by atoms with van der Waals surface area (Å²) in [7, 11) is -2.13. The summed E-state index contributed by atoms with van der Waals surface area (Å²) in [5.74, 6) is 1.00. The minimum Gasteiger partial charge on any atom is -0.486 e. The maximum atomic E-state index is 13.1. The van der Waals surface area contributed by atoms with Gasteiger partial charge in [0.25, 0.3) is 10.0 Å². The number of sulfonamides is 1. The summed E-state index contributed by atoms with van der Waals surface area (Å²) in [4.78, 5) is 14.6. The molecule has 0 aromatic heterocycles. The molecule has 0 bridgehead atoms. The smallest absolute Gasteiger partial charge is 0.265 e. The Morgan fingerprint density at radius 1 is 1.07 bits per heavy atom. The number of amides is 1. The van der Waals surface area contributed by atoms with E-state index in [4.69, 9.17) is 9.47 Å². The fourth-order valence-corrected chi connectivity index (χ4v) is 5.59. The minimum absolute atomic E-state index is 0.242. The number of hydrogen-bond donors (Lipinski definition) is 0. The van der Waals surface area contributed by atoms with E-state index in [1.165, 1.54) is 9.21 Å². The molecule has 154 valence electrons. The van der Waals surface area contributed by atoms with E-state index < -0.39 is 10.0 Å². The number of rotatable bonds is 4. The van der Waals surface area contributed by atoms with Gasteiger partial charge in [-0.3, -0.25) is 9.10 Å². The van der Waals surface area contributed by atoms with Gasteiger partial charge in [-0.25, -0.2) is 8.42 Å². The Hall–Kier alpha value is -3.26. The van der Waals surface area contributed by atoms with E-state index >= 15 is 0 Å². The third kappa shape index (κ3) is 2.95. The lowest BCUT2D eigenvalue weighted by atomic mass is 10.1.